The molecule has 0 aromatic carbocycles. The van der Waals surface area contributed by atoms with E-state index in [2.05, 4.69) is 34.5 Å². The predicted octanol–water partition coefficient (Wildman–Crippen LogP) is 3.52. The second-order valence-corrected chi connectivity index (χ2v) is 14.1. The summed E-state index contributed by atoms with van der Waals surface area (Å²) in [6.07, 6.45) is 5.30. The van der Waals surface area contributed by atoms with E-state index >= 15 is 0 Å². The van der Waals surface area contributed by atoms with E-state index in [1.807, 2.05) is 40.2 Å². The van der Waals surface area contributed by atoms with Gasteiger partial charge in [0.25, 0.3) is 0 Å². The fraction of sp³-hybridized carbons (Fsp3) is 0.742. The van der Waals surface area contributed by atoms with Gasteiger partial charge in [-0.05, 0) is 71.7 Å². The molecule has 1 amide bonds. The van der Waals surface area contributed by atoms with Crippen LogP contribution >= 0.6 is 11.3 Å². The molecule has 0 saturated carbocycles. The molecule has 1 N–H and O–H groups in total. The summed E-state index contributed by atoms with van der Waals surface area (Å²) in [4.78, 5) is 46.2. The first-order valence-electron chi connectivity index (χ1n) is 16.1. The summed E-state index contributed by atoms with van der Waals surface area (Å²) >= 11 is 1.51. The molecule has 4 heterocycles. The van der Waals surface area contributed by atoms with Gasteiger partial charge in [-0.3, -0.25) is 19.2 Å². The average Bonchev–Trinajstić information content (AvgIpc) is 3.76. The number of unbranched alkanes of at least 4 members (excludes halogenated alkanes) is 1. The molecule has 0 spiro atoms. The van der Waals surface area contributed by atoms with Crippen molar-refractivity contribution in [1.29, 1.82) is 0 Å². The van der Waals surface area contributed by atoms with Crippen LogP contribution in [-0.4, -0.2) is 100 Å². The van der Waals surface area contributed by atoms with Crippen LogP contribution in [0.1, 0.15) is 73.6 Å². The second kappa shape index (κ2) is 14.7. The van der Waals surface area contributed by atoms with E-state index in [4.69, 9.17) is 14.2 Å². The lowest BCUT2D eigenvalue weighted by molar-refractivity contribution is -0.169. The highest BCUT2D eigenvalue weighted by Crippen LogP contribution is 2.39. The number of ether oxygens (including phenoxy) is 3. The molecule has 0 unspecified atom stereocenters. The molecule has 2 aliphatic heterocycles. The van der Waals surface area contributed by atoms with Crippen molar-refractivity contribution in [3.05, 3.63) is 17.8 Å². The van der Waals surface area contributed by atoms with Crippen LogP contribution in [0.15, 0.2) is 17.8 Å². The van der Waals surface area contributed by atoms with Crippen molar-refractivity contribution in [1.82, 2.24) is 30.2 Å². The van der Waals surface area contributed by atoms with Crippen LogP contribution in [0.2, 0.25) is 5.82 Å². The monoisotopic (exact) mass is 644 g/mol. The second-order valence-electron chi connectivity index (χ2n) is 13.3. The molecule has 2 saturated heterocycles. The van der Waals surface area contributed by atoms with Gasteiger partial charge in [0.05, 0.1) is 17.8 Å². The van der Waals surface area contributed by atoms with Gasteiger partial charge in [0.2, 0.25) is 0 Å². The zero-order valence-corrected chi connectivity index (χ0v) is 28.8. The van der Waals surface area contributed by atoms with E-state index in [-0.39, 0.29) is 30.0 Å². The minimum absolute atomic E-state index is 0.0953. The molecule has 8 atom stereocenters. The highest BCUT2D eigenvalue weighted by atomic mass is 32.1. The number of hydrogen-bond acceptors (Lipinski definition) is 11. The van der Waals surface area contributed by atoms with Gasteiger partial charge in [-0.25, -0.2) is 9.78 Å². The van der Waals surface area contributed by atoms with Crippen molar-refractivity contribution in [2.24, 2.45) is 11.8 Å². The van der Waals surface area contributed by atoms with Crippen molar-refractivity contribution in [2.75, 3.05) is 20.2 Å². The van der Waals surface area contributed by atoms with Crippen LogP contribution in [0.5, 0.6) is 0 Å². The van der Waals surface area contributed by atoms with Crippen LogP contribution in [0.25, 0.3) is 10.7 Å². The summed E-state index contributed by atoms with van der Waals surface area (Å²) in [6, 6.07) is -0.593. The number of nitrogens with one attached hydrogen (secondary N) is 1. The van der Waals surface area contributed by atoms with Gasteiger partial charge in [-0.2, -0.15) is 0 Å². The SMILES string of the molecule is B[C@@H]1CC(=O)[C@@H](C)C(=O)O[C@H](CC)[C@@]2(C)OC(=O)N(CCCCn3cc(-c4nccs4)nn3)[C@@H]2[C@@H](C)NC[C@H](C)C[C@@]1(C)OC. The van der Waals surface area contributed by atoms with Crippen molar-refractivity contribution in [3.63, 3.8) is 0 Å². The lowest BCUT2D eigenvalue weighted by Crippen LogP contribution is -2.60. The van der Waals surface area contributed by atoms with Gasteiger partial charge in [-0.1, -0.05) is 19.1 Å². The molecule has 0 bridgehead atoms. The number of hydrogen-bond donors (Lipinski definition) is 1. The van der Waals surface area contributed by atoms with E-state index in [9.17, 15) is 14.4 Å². The first kappa shape index (κ1) is 35.0. The van der Waals surface area contributed by atoms with Crippen LogP contribution in [0.3, 0.4) is 0 Å². The van der Waals surface area contributed by atoms with Gasteiger partial charge in [0, 0.05) is 44.2 Å². The molecule has 14 heteroatoms. The summed E-state index contributed by atoms with van der Waals surface area (Å²) in [5.41, 5.74) is -0.929. The standard InChI is InChI=1S/C31H49BN6O6S/c1-8-25-31(6)26(38(29(41)44-31)13-10-9-12-37-18-22(35-36-37)27-33-11-14-45-27)21(4)34-17-19(2)16-30(5,42-7)24(32)15-23(39)20(3)28(40)43-25/h11,14,18-21,24-26,34H,8-10,12-13,15-17,32H2,1-7H3/t19-,20-,21-,24-,25-,26-,30-,31-/m1/s1. The molecule has 12 nitrogen and oxygen atoms in total. The average molecular weight is 645 g/mol. The summed E-state index contributed by atoms with van der Waals surface area (Å²) in [5.74, 6) is -1.60. The number of cyclic esters (lactones) is 1. The maximum Gasteiger partial charge on any atom is 0.410 e. The number of amides is 1. The molecule has 2 aromatic rings. The van der Waals surface area contributed by atoms with E-state index in [1.54, 1.807) is 29.8 Å². The molecule has 0 radical (unpaired) electrons. The van der Waals surface area contributed by atoms with E-state index in [1.165, 1.54) is 11.3 Å². The molecule has 4 rings (SSSR count). The number of rotatable bonds is 8. The number of carbonyl (C=O) groups is 3. The summed E-state index contributed by atoms with van der Waals surface area (Å²) in [6.45, 7) is 13.4. The Labute approximate surface area is 271 Å². The Bertz CT molecular complexity index is 1310. The number of esters is 1. The van der Waals surface area contributed by atoms with E-state index in [0.29, 0.717) is 32.5 Å². The third-order valence-electron chi connectivity index (χ3n) is 9.83. The topological polar surface area (TPSA) is 138 Å². The minimum Gasteiger partial charge on any atom is -0.458 e. The number of thiazole rings is 1. The van der Waals surface area contributed by atoms with Crippen LogP contribution in [0, 0.1) is 11.8 Å². The molecule has 45 heavy (non-hydrogen) atoms. The number of ketones is 1. The highest BCUT2D eigenvalue weighted by molar-refractivity contribution is 7.13. The smallest absolute Gasteiger partial charge is 0.410 e. The van der Waals surface area contributed by atoms with Crippen LogP contribution < -0.4 is 5.32 Å². The van der Waals surface area contributed by atoms with Crippen LogP contribution in [0.4, 0.5) is 4.79 Å². The summed E-state index contributed by atoms with van der Waals surface area (Å²) in [5, 5.41) is 14.9. The molecule has 248 valence electrons. The maximum absolute atomic E-state index is 13.5. The number of nitrogens with zero attached hydrogens (tertiary/aromatic N) is 5. The number of methoxy groups -OCH3 is 1. The first-order chi connectivity index (χ1) is 21.3. The third-order valence-corrected chi connectivity index (χ3v) is 10.6. The molecule has 2 fully saturated rings. The van der Waals surface area contributed by atoms with Gasteiger partial charge < -0.3 is 19.5 Å². The quantitative estimate of drug-likeness (QED) is 0.197. The minimum atomic E-state index is -1.12. The lowest BCUT2D eigenvalue weighted by atomic mass is 9.67. The molecular weight excluding hydrogens is 595 g/mol. The van der Waals surface area contributed by atoms with Gasteiger partial charge in [0.15, 0.2) is 5.60 Å². The van der Waals surface area contributed by atoms with E-state index in [0.717, 1.165) is 23.5 Å². The molecule has 2 aromatic heterocycles. The number of carbonyl (C=O) groups excluding carboxylic acids is 3. The van der Waals surface area contributed by atoms with Crippen molar-refractivity contribution in [2.45, 2.75) is 115 Å². The number of Topliss-reactive ketones (excluding diaryl/α,β-unsaturated/α-hetero) is 1. The number of aryl methyl sites for hydroxylation is 1. The van der Waals surface area contributed by atoms with Crippen molar-refractivity contribution in [3.8, 4) is 10.7 Å². The van der Waals surface area contributed by atoms with Gasteiger partial charge >= 0.3 is 12.1 Å². The molecule has 2 aliphatic rings. The Morgan fingerprint density at radius 1 is 1.18 bits per heavy atom. The molecule has 0 aliphatic carbocycles. The normalized spacial score (nSPS) is 33.7. The Morgan fingerprint density at radius 3 is 2.58 bits per heavy atom. The number of fused-ring (bicyclic) bond motifs is 1. The van der Waals surface area contributed by atoms with Crippen molar-refractivity contribution < 1.29 is 28.6 Å². The largest absolute Gasteiger partial charge is 0.458 e. The Kier molecular flexibility index (Phi) is 11.5. The highest BCUT2D eigenvalue weighted by Gasteiger charge is 2.58. The van der Waals surface area contributed by atoms with Crippen LogP contribution in [-0.2, 0) is 30.3 Å². The fourth-order valence-electron chi connectivity index (χ4n) is 6.82. The Morgan fingerprint density at radius 2 is 1.91 bits per heavy atom. The first-order valence-corrected chi connectivity index (χ1v) is 17.0. The zero-order chi connectivity index (χ0) is 32.9. The summed E-state index contributed by atoms with van der Waals surface area (Å²) in [7, 11) is 3.68. The van der Waals surface area contributed by atoms with E-state index < -0.39 is 41.3 Å². The van der Waals surface area contributed by atoms with Gasteiger partial charge in [0.1, 0.15) is 36.4 Å². The lowest BCUT2D eigenvalue weighted by Gasteiger charge is -2.41. The zero-order valence-electron chi connectivity index (χ0n) is 27.9. The molecular formula is C31H49BN6O6S. The maximum atomic E-state index is 13.5. The van der Waals surface area contributed by atoms with Gasteiger partial charge in [-0.15, -0.1) is 16.4 Å². The summed E-state index contributed by atoms with van der Waals surface area (Å²) < 4.78 is 19.9. The fourth-order valence-corrected chi connectivity index (χ4v) is 7.40. The number of aromatic nitrogens is 4. The van der Waals surface area contributed by atoms with Crippen molar-refractivity contribution >= 4 is 37.0 Å². The predicted molar refractivity (Wildman–Crippen MR) is 174 cm³/mol. The third kappa shape index (κ3) is 7.77. The Hall–Kier alpha value is -2.84. The Balaban J connectivity index is 1.53.